The summed E-state index contributed by atoms with van der Waals surface area (Å²) in [6.45, 7) is 0. The molecule has 0 amide bonds. The molecule has 0 radical (unpaired) electrons. The number of aromatic amines is 1. The molecule has 2 aromatic rings. The summed E-state index contributed by atoms with van der Waals surface area (Å²) in [4.78, 5) is 13.7. The Morgan fingerprint density at radius 1 is 1.67 bits per heavy atom. The van der Waals surface area contributed by atoms with Gasteiger partial charge in [0.2, 0.25) is 0 Å². The van der Waals surface area contributed by atoms with Crippen molar-refractivity contribution >= 4 is 22.6 Å². The molecule has 2 rings (SSSR count). The molecule has 5 heteroatoms. The zero-order valence-electron chi connectivity index (χ0n) is 6.34. The van der Waals surface area contributed by atoms with Crippen LogP contribution in [0.5, 0.6) is 0 Å². The van der Waals surface area contributed by atoms with Crippen molar-refractivity contribution in [2.24, 2.45) is 7.05 Å². The zero-order chi connectivity index (χ0) is 8.72. The van der Waals surface area contributed by atoms with Gasteiger partial charge >= 0.3 is 0 Å². The minimum Gasteiger partial charge on any atom is -0.306 e. The normalized spacial score (nSPS) is 10.8. The van der Waals surface area contributed by atoms with Crippen LogP contribution >= 0.6 is 11.6 Å². The number of fused-ring (bicyclic) bond motifs is 1. The van der Waals surface area contributed by atoms with E-state index in [1.807, 2.05) is 0 Å². The summed E-state index contributed by atoms with van der Waals surface area (Å²) in [7, 11) is 1.76. The van der Waals surface area contributed by atoms with E-state index in [4.69, 9.17) is 11.6 Å². The Labute approximate surface area is 72.8 Å². The highest BCUT2D eigenvalue weighted by Crippen LogP contribution is 2.11. The first-order valence-corrected chi connectivity index (χ1v) is 3.77. The van der Waals surface area contributed by atoms with Crippen molar-refractivity contribution in [3.8, 4) is 0 Å². The number of H-pyrrole nitrogens is 1. The lowest BCUT2D eigenvalue weighted by Gasteiger charge is -1.93. The maximum Gasteiger partial charge on any atom is 0.268 e. The van der Waals surface area contributed by atoms with Crippen LogP contribution in [0.25, 0.3) is 11.0 Å². The van der Waals surface area contributed by atoms with E-state index in [1.165, 1.54) is 0 Å². The molecule has 0 unspecified atom stereocenters. The molecule has 0 saturated heterocycles. The van der Waals surface area contributed by atoms with Crippen LogP contribution in [0.4, 0.5) is 0 Å². The molecule has 1 N–H and O–H groups in total. The summed E-state index contributed by atoms with van der Waals surface area (Å²) >= 11 is 5.62. The van der Waals surface area contributed by atoms with Crippen molar-refractivity contribution in [1.82, 2.24) is 14.8 Å². The van der Waals surface area contributed by atoms with Gasteiger partial charge in [-0.2, -0.15) is 5.10 Å². The van der Waals surface area contributed by atoms with Crippen LogP contribution in [0.1, 0.15) is 0 Å². The number of nitrogens with zero attached hydrogens (tertiary/aromatic N) is 2. The number of hydrogen-bond acceptors (Lipinski definition) is 2. The monoisotopic (exact) mass is 183 g/mol. The second-order valence-corrected chi connectivity index (χ2v) is 2.93. The quantitative estimate of drug-likeness (QED) is 0.660. The van der Waals surface area contributed by atoms with Crippen LogP contribution in [-0.4, -0.2) is 14.8 Å². The Hall–Kier alpha value is -1.29. The van der Waals surface area contributed by atoms with E-state index in [-0.39, 0.29) is 10.6 Å². The van der Waals surface area contributed by atoms with Crippen LogP contribution < -0.4 is 5.56 Å². The number of pyridine rings is 1. The Morgan fingerprint density at radius 3 is 3.17 bits per heavy atom. The molecule has 2 heterocycles. The topological polar surface area (TPSA) is 50.7 Å². The van der Waals surface area contributed by atoms with E-state index in [1.54, 1.807) is 24.0 Å². The second kappa shape index (κ2) is 2.35. The van der Waals surface area contributed by atoms with E-state index in [0.717, 1.165) is 5.39 Å². The summed E-state index contributed by atoms with van der Waals surface area (Å²) < 4.78 is 1.59. The average molecular weight is 184 g/mol. The first-order chi connectivity index (χ1) is 5.68. The molecule has 0 aliphatic heterocycles. The van der Waals surface area contributed by atoms with E-state index in [0.29, 0.717) is 5.65 Å². The number of rotatable bonds is 0. The average Bonchev–Trinajstić information content (AvgIpc) is 2.35. The van der Waals surface area contributed by atoms with Crippen LogP contribution in [0.15, 0.2) is 17.1 Å². The molecular weight excluding hydrogens is 178 g/mol. The lowest BCUT2D eigenvalue weighted by molar-refractivity contribution is 0.785. The molecule has 0 saturated carbocycles. The van der Waals surface area contributed by atoms with Crippen LogP contribution in [0.3, 0.4) is 0 Å². The van der Waals surface area contributed by atoms with Gasteiger partial charge in [-0.1, -0.05) is 11.6 Å². The minimum absolute atomic E-state index is 0.190. The van der Waals surface area contributed by atoms with Crippen LogP contribution in [0.2, 0.25) is 5.02 Å². The maximum absolute atomic E-state index is 11.1. The summed E-state index contributed by atoms with van der Waals surface area (Å²) in [5.41, 5.74) is 0.400. The molecular formula is C7H6ClN3O. The first-order valence-electron chi connectivity index (χ1n) is 3.39. The molecule has 62 valence electrons. The third-order valence-electron chi connectivity index (χ3n) is 1.70. The Balaban J connectivity index is 2.97. The third-order valence-corrected chi connectivity index (χ3v) is 1.98. The zero-order valence-corrected chi connectivity index (χ0v) is 7.09. The van der Waals surface area contributed by atoms with Gasteiger partial charge in [0.05, 0.1) is 6.20 Å². The van der Waals surface area contributed by atoms with Gasteiger partial charge in [-0.25, -0.2) is 0 Å². The highest BCUT2D eigenvalue weighted by molar-refractivity contribution is 6.30. The van der Waals surface area contributed by atoms with E-state index >= 15 is 0 Å². The molecule has 0 spiro atoms. The van der Waals surface area contributed by atoms with Gasteiger partial charge in [-0.3, -0.25) is 9.48 Å². The van der Waals surface area contributed by atoms with Crippen molar-refractivity contribution in [3.05, 3.63) is 27.6 Å². The minimum atomic E-state index is -0.284. The van der Waals surface area contributed by atoms with Crippen molar-refractivity contribution < 1.29 is 0 Å². The van der Waals surface area contributed by atoms with Gasteiger partial charge in [-0.15, -0.1) is 0 Å². The predicted octanol–water partition coefficient (Wildman–Crippen LogP) is 0.915. The van der Waals surface area contributed by atoms with Gasteiger partial charge in [-0.05, 0) is 6.07 Å². The Morgan fingerprint density at radius 2 is 2.42 bits per heavy atom. The lowest BCUT2D eigenvalue weighted by Crippen LogP contribution is -2.07. The number of nitrogens with one attached hydrogen (secondary N) is 1. The molecule has 0 fully saturated rings. The molecule has 2 aromatic heterocycles. The Bertz CT molecular complexity index is 485. The number of aryl methyl sites for hydroxylation is 1. The smallest absolute Gasteiger partial charge is 0.268 e. The van der Waals surface area contributed by atoms with E-state index in [9.17, 15) is 4.79 Å². The molecule has 4 nitrogen and oxygen atoms in total. The molecule has 12 heavy (non-hydrogen) atoms. The van der Waals surface area contributed by atoms with Gasteiger partial charge in [0.1, 0.15) is 10.7 Å². The van der Waals surface area contributed by atoms with Crippen LogP contribution in [-0.2, 0) is 7.05 Å². The van der Waals surface area contributed by atoms with Gasteiger partial charge in [0.15, 0.2) is 0 Å². The van der Waals surface area contributed by atoms with Gasteiger partial charge in [0.25, 0.3) is 5.56 Å². The summed E-state index contributed by atoms with van der Waals surface area (Å²) in [6, 6.07) is 1.60. The first kappa shape index (κ1) is 7.36. The number of halogens is 1. The van der Waals surface area contributed by atoms with E-state index in [2.05, 4.69) is 10.1 Å². The highest BCUT2D eigenvalue weighted by Gasteiger charge is 2.02. The van der Waals surface area contributed by atoms with E-state index < -0.39 is 0 Å². The maximum atomic E-state index is 11.1. The van der Waals surface area contributed by atoms with Crippen LogP contribution in [0, 0.1) is 0 Å². The molecule has 0 aliphatic rings. The van der Waals surface area contributed by atoms with Crippen molar-refractivity contribution in [2.75, 3.05) is 0 Å². The fourth-order valence-electron chi connectivity index (χ4n) is 1.08. The van der Waals surface area contributed by atoms with Crippen molar-refractivity contribution in [2.45, 2.75) is 0 Å². The number of aromatic nitrogens is 3. The molecule has 0 aromatic carbocycles. The molecule has 0 bridgehead atoms. The molecule has 0 atom stereocenters. The third kappa shape index (κ3) is 0.921. The van der Waals surface area contributed by atoms with Gasteiger partial charge < -0.3 is 4.98 Å². The summed E-state index contributed by atoms with van der Waals surface area (Å²) in [5.74, 6) is 0. The number of hydrogen-bond donors (Lipinski definition) is 1. The van der Waals surface area contributed by atoms with Crippen molar-refractivity contribution in [1.29, 1.82) is 0 Å². The largest absolute Gasteiger partial charge is 0.306 e. The summed E-state index contributed by atoms with van der Waals surface area (Å²) in [6.07, 6.45) is 1.65. The Kier molecular flexibility index (Phi) is 1.44. The lowest BCUT2D eigenvalue weighted by atomic mass is 10.3. The standard InChI is InChI=1S/C7H6ClN3O/c1-11-6-4(3-9-11)2-5(8)7(12)10-6/h2-3H,1H3,(H,10,12). The fraction of sp³-hybridized carbons (Fsp3) is 0.143. The second-order valence-electron chi connectivity index (χ2n) is 2.52. The SMILES string of the molecule is Cn1ncc2cc(Cl)c(=O)[nH]c21. The summed E-state index contributed by atoms with van der Waals surface area (Å²) in [5, 5.41) is 4.99. The van der Waals surface area contributed by atoms with Crippen molar-refractivity contribution in [3.63, 3.8) is 0 Å². The predicted molar refractivity (Wildman–Crippen MR) is 46.3 cm³/mol. The highest BCUT2D eigenvalue weighted by atomic mass is 35.5. The fourth-order valence-corrected chi connectivity index (χ4v) is 1.25. The van der Waals surface area contributed by atoms with Gasteiger partial charge in [0, 0.05) is 12.4 Å². The molecule has 0 aliphatic carbocycles.